The zero-order chi connectivity index (χ0) is 16.8. The average molecular weight is 329 g/mol. The van der Waals surface area contributed by atoms with Gasteiger partial charge in [-0.3, -0.25) is 4.79 Å². The first-order valence-electron chi connectivity index (χ1n) is 7.75. The molecule has 1 N–H and O–H groups in total. The molecule has 4 nitrogen and oxygen atoms in total. The van der Waals surface area contributed by atoms with Crippen LogP contribution in [0.25, 0.3) is 0 Å². The van der Waals surface area contributed by atoms with Gasteiger partial charge in [-0.15, -0.1) is 0 Å². The number of thioether (sulfide) groups is 1. The number of carbonyl (C=O) groups excluding carboxylic acids is 1. The topological polar surface area (TPSA) is 54.9 Å². The number of hydrogen-bond donors (Lipinski definition) is 1. The van der Waals surface area contributed by atoms with E-state index in [1.807, 2.05) is 50.2 Å². The minimum absolute atomic E-state index is 0.000289. The van der Waals surface area contributed by atoms with Gasteiger partial charge in [0.2, 0.25) is 5.91 Å². The maximum absolute atomic E-state index is 12.3. The maximum atomic E-state index is 12.3. The Labute approximate surface area is 142 Å². The zero-order valence-electron chi connectivity index (χ0n) is 14.0. The number of benzene rings is 1. The zero-order valence-corrected chi connectivity index (χ0v) is 14.9. The van der Waals surface area contributed by atoms with Crippen molar-refractivity contribution in [3.63, 3.8) is 0 Å². The molecule has 2 rings (SSSR count). The number of hydrogen-bond acceptors (Lipinski definition) is 4. The van der Waals surface area contributed by atoms with Crippen molar-refractivity contribution in [2.75, 3.05) is 5.75 Å². The van der Waals surface area contributed by atoms with Crippen LogP contribution < -0.4 is 5.32 Å². The minimum Gasteiger partial charge on any atom is -0.348 e. The summed E-state index contributed by atoms with van der Waals surface area (Å²) in [4.78, 5) is 21.0. The molecule has 2 aromatic rings. The van der Waals surface area contributed by atoms with Crippen molar-refractivity contribution in [3.05, 3.63) is 53.3 Å². The number of amides is 1. The number of nitrogens with one attached hydrogen (secondary N) is 1. The Bertz CT molecular complexity index is 638. The Hall–Kier alpha value is -1.88. The molecule has 0 aliphatic heterocycles. The molecule has 0 spiro atoms. The lowest BCUT2D eigenvalue weighted by Gasteiger charge is -2.22. The van der Waals surface area contributed by atoms with Crippen LogP contribution in [0.1, 0.15) is 36.8 Å². The van der Waals surface area contributed by atoms with E-state index < -0.39 is 0 Å². The third kappa shape index (κ3) is 5.36. The summed E-state index contributed by atoms with van der Waals surface area (Å²) in [7, 11) is 0. The smallest absolute Gasteiger partial charge is 0.230 e. The third-order valence-corrected chi connectivity index (χ3v) is 4.28. The highest BCUT2D eigenvalue weighted by atomic mass is 32.2. The van der Waals surface area contributed by atoms with E-state index in [1.54, 1.807) is 0 Å². The molecule has 0 fully saturated rings. The van der Waals surface area contributed by atoms with Crippen molar-refractivity contribution in [2.24, 2.45) is 5.92 Å². The third-order valence-electron chi connectivity index (χ3n) is 3.44. The van der Waals surface area contributed by atoms with Crippen LogP contribution in [0.3, 0.4) is 0 Å². The van der Waals surface area contributed by atoms with Crippen molar-refractivity contribution in [1.82, 2.24) is 15.3 Å². The van der Waals surface area contributed by atoms with Crippen LogP contribution in [-0.2, 0) is 4.79 Å². The van der Waals surface area contributed by atoms with Gasteiger partial charge in [0.15, 0.2) is 5.16 Å². The molecule has 1 atom stereocenters. The summed E-state index contributed by atoms with van der Waals surface area (Å²) in [5.74, 6) is 0.642. The number of rotatable bonds is 6. The van der Waals surface area contributed by atoms with Gasteiger partial charge >= 0.3 is 0 Å². The van der Waals surface area contributed by atoms with Crippen LogP contribution in [0.15, 0.2) is 41.6 Å². The second-order valence-corrected chi connectivity index (χ2v) is 6.86. The highest BCUT2D eigenvalue weighted by Crippen LogP contribution is 2.22. The van der Waals surface area contributed by atoms with Crippen LogP contribution in [0.2, 0.25) is 0 Å². The molecule has 0 saturated carbocycles. The minimum atomic E-state index is 0.000289. The summed E-state index contributed by atoms with van der Waals surface area (Å²) >= 11 is 1.37. The summed E-state index contributed by atoms with van der Waals surface area (Å²) in [5.41, 5.74) is 2.97. The van der Waals surface area contributed by atoms with Gasteiger partial charge in [-0.05, 0) is 31.4 Å². The summed E-state index contributed by atoms with van der Waals surface area (Å²) < 4.78 is 0. The van der Waals surface area contributed by atoms with Crippen LogP contribution in [0, 0.1) is 19.8 Å². The van der Waals surface area contributed by atoms with Gasteiger partial charge in [-0.25, -0.2) is 9.97 Å². The Morgan fingerprint density at radius 1 is 1.13 bits per heavy atom. The van der Waals surface area contributed by atoms with Crippen LogP contribution in [-0.4, -0.2) is 21.6 Å². The molecule has 1 unspecified atom stereocenters. The van der Waals surface area contributed by atoms with E-state index in [9.17, 15) is 4.79 Å². The van der Waals surface area contributed by atoms with Crippen molar-refractivity contribution in [1.29, 1.82) is 0 Å². The van der Waals surface area contributed by atoms with Gasteiger partial charge in [-0.2, -0.15) is 0 Å². The summed E-state index contributed by atoms with van der Waals surface area (Å²) in [6.45, 7) is 8.09. The molecule has 0 aliphatic rings. The lowest BCUT2D eigenvalue weighted by atomic mass is 9.96. The van der Waals surface area contributed by atoms with E-state index in [2.05, 4.69) is 29.1 Å². The number of carbonyl (C=O) groups is 1. The molecule has 122 valence electrons. The molecule has 0 saturated heterocycles. The first kappa shape index (κ1) is 17.5. The molecule has 0 aliphatic carbocycles. The van der Waals surface area contributed by atoms with Gasteiger partial charge in [0.25, 0.3) is 0 Å². The Balaban J connectivity index is 1.97. The van der Waals surface area contributed by atoms with Crippen molar-refractivity contribution < 1.29 is 4.79 Å². The van der Waals surface area contributed by atoms with Crippen LogP contribution in [0.5, 0.6) is 0 Å². The molecular weight excluding hydrogens is 306 g/mol. The quantitative estimate of drug-likeness (QED) is 0.648. The number of nitrogens with zero attached hydrogens (tertiary/aromatic N) is 2. The van der Waals surface area contributed by atoms with Crippen molar-refractivity contribution >= 4 is 17.7 Å². The normalized spacial score (nSPS) is 12.2. The number of aryl methyl sites for hydroxylation is 2. The molecule has 1 aromatic carbocycles. The van der Waals surface area contributed by atoms with Gasteiger partial charge in [0.05, 0.1) is 11.8 Å². The Kier molecular flexibility index (Phi) is 6.16. The Morgan fingerprint density at radius 3 is 2.30 bits per heavy atom. The van der Waals surface area contributed by atoms with E-state index in [1.165, 1.54) is 11.8 Å². The standard InChI is InChI=1S/C18H23N3OS/c1-12(2)17(15-8-6-5-7-9-15)21-16(22)11-23-18-19-13(3)10-14(4)20-18/h5-10,12,17H,11H2,1-4H3,(H,21,22). The molecule has 23 heavy (non-hydrogen) atoms. The van der Waals surface area contributed by atoms with Crippen molar-refractivity contribution in [2.45, 2.75) is 38.9 Å². The lowest BCUT2D eigenvalue weighted by Crippen LogP contribution is -2.33. The lowest BCUT2D eigenvalue weighted by molar-refractivity contribution is -0.119. The first-order chi connectivity index (χ1) is 11.0. The molecule has 1 heterocycles. The summed E-state index contributed by atoms with van der Waals surface area (Å²) in [6, 6.07) is 12.0. The van der Waals surface area contributed by atoms with Crippen molar-refractivity contribution in [3.8, 4) is 0 Å². The monoisotopic (exact) mass is 329 g/mol. The molecule has 1 amide bonds. The molecule has 1 aromatic heterocycles. The van der Waals surface area contributed by atoms with Gasteiger partial charge in [-0.1, -0.05) is 55.9 Å². The fourth-order valence-electron chi connectivity index (χ4n) is 2.40. The van der Waals surface area contributed by atoms with Gasteiger partial charge in [0.1, 0.15) is 0 Å². The van der Waals surface area contributed by atoms with Crippen LogP contribution in [0.4, 0.5) is 0 Å². The highest BCUT2D eigenvalue weighted by molar-refractivity contribution is 7.99. The van der Waals surface area contributed by atoms with Gasteiger partial charge < -0.3 is 5.32 Å². The van der Waals surface area contributed by atoms with Gasteiger partial charge in [0, 0.05) is 11.4 Å². The predicted octanol–water partition coefficient (Wildman–Crippen LogP) is 3.70. The van der Waals surface area contributed by atoms with E-state index >= 15 is 0 Å². The molecule has 5 heteroatoms. The Morgan fingerprint density at radius 2 is 1.74 bits per heavy atom. The summed E-state index contributed by atoms with van der Waals surface area (Å²) in [5, 5.41) is 3.77. The second-order valence-electron chi connectivity index (χ2n) is 5.92. The maximum Gasteiger partial charge on any atom is 0.230 e. The first-order valence-corrected chi connectivity index (χ1v) is 8.73. The highest BCUT2D eigenvalue weighted by Gasteiger charge is 2.18. The van der Waals surface area contributed by atoms with E-state index in [-0.39, 0.29) is 11.9 Å². The SMILES string of the molecule is Cc1cc(C)nc(SCC(=O)NC(c2ccccc2)C(C)C)n1. The largest absolute Gasteiger partial charge is 0.348 e. The molecule has 0 bridgehead atoms. The fourth-order valence-corrected chi connectivity index (χ4v) is 3.16. The van der Waals surface area contributed by atoms with E-state index in [0.29, 0.717) is 16.8 Å². The number of aromatic nitrogens is 2. The fraction of sp³-hybridized carbons (Fsp3) is 0.389. The van der Waals surface area contributed by atoms with E-state index in [0.717, 1.165) is 17.0 Å². The second kappa shape index (κ2) is 8.11. The van der Waals surface area contributed by atoms with E-state index in [4.69, 9.17) is 0 Å². The molecule has 0 radical (unpaired) electrons. The van der Waals surface area contributed by atoms with Crippen LogP contribution >= 0.6 is 11.8 Å². The molecular formula is C18H23N3OS. The summed E-state index contributed by atoms with van der Waals surface area (Å²) in [6.07, 6.45) is 0. The predicted molar refractivity (Wildman–Crippen MR) is 94.4 cm³/mol. The average Bonchev–Trinajstić information content (AvgIpc) is 2.50.